The molecule has 0 aliphatic heterocycles. The van der Waals surface area contributed by atoms with Crippen LogP contribution in [0.4, 0.5) is 18.6 Å². The molecule has 0 spiro atoms. The molecule has 3 nitrogen and oxygen atoms in total. The van der Waals surface area contributed by atoms with Crippen LogP contribution in [0.5, 0.6) is 0 Å². The highest BCUT2D eigenvalue weighted by Crippen LogP contribution is 2.20. The maximum absolute atomic E-state index is 12.8. The van der Waals surface area contributed by atoms with Gasteiger partial charge in [0.15, 0.2) is 0 Å². The molecule has 1 rings (SSSR count). The van der Waals surface area contributed by atoms with Crippen LogP contribution in [-0.4, -0.2) is 27.1 Å². The average Bonchev–Trinajstić information content (AvgIpc) is 2.26. The molecule has 17 heavy (non-hydrogen) atoms. The number of methoxy groups -OCH3 is 1. The maximum atomic E-state index is 12.8. The van der Waals surface area contributed by atoms with Crippen LogP contribution in [0.2, 0.25) is 0 Å². The van der Waals surface area contributed by atoms with Crippen LogP contribution in [0.3, 0.4) is 0 Å². The number of hydrogen-bond acceptors (Lipinski definition) is 3. The zero-order valence-electron chi connectivity index (χ0n) is 9.68. The molecule has 0 bridgehead atoms. The zero-order chi connectivity index (χ0) is 13.2. The molecule has 1 aromatic carbocycles. The van der Waals surface area contributed by atoms with Crippen LogP contribution < -0.4 is 10.8 Å². The van der Waals surface area contributed by atoms with E-state index in [1.54, 1.807) is 0 Å². The smallest absolute Gasteiger partial charge is 0.465 e. The van der Waals surface area contributed by atoms with Gasteiger partial charge >= 0.3 is 12.9 Å². The van der Waals surface area contributed by atoms with Gasteiger partial charge in [-0.05, 0) is 13.0 Å². The van der Waals surface area contributed by atoms with Gasteiger partial charge in [-0.3, -0.25) is 0 Å². The third kappa shape index (κ3) is 2.72. The van der Waals surface area contributed by atoms with Gasteiger partial charge in [-0.1, -0.05) is 11.6 Å². The molecule has 0 unspecified atom stereocenters. The second kappa shape index (κ2) is 4.69. The molecule has 0 radical (unpaired) electrons. The Bertz CT molecular complexity index is 446. The molecule has 0 atom stereocenters. The number of nitrogens with one attached hydrogen (secondary N) is 1. The number of carbonyl (C=O) groups is 1. The van der Waals surface area contributed by atoms with Crippen molar-refractivity contribution in [3.05, 3.63) is 23.3 Å². The lowest BCUT2D eigenvalue weighted by molar-refractivity contribution is 0.0600. The van der Waals surface area contributed by atoms with E-state index in [2.05, 4.69) is 10.1 Å². The summed E-state index contributed by atoms with van der Waals surface area (Å²) in [6.07, 6.45) is 0. The Morgan fingerprint density at radius 1 is 1.35 bits per heavy atom. The highest BCUT2D eigenvalue weighted by atomic mass is 19.4. The standard InChI is InChI=1S/C10H12BF3NO2/c1-6-8(10(16)17-3)4-7(15-2)5-9(6)11(12,13)14/h4-5,15H,1-3H3/q-1. The number of benzene rings is 1. The predicted molar refractivity (Wildman–Crippen MR) is 60.8 cm³/mol. The minimum absolute atomic E-state index is 0.0754. The Hall–Kier alpha value is -1.66. The molecular weight excluding hydrogens is 234 g/mol. The van der Waals surface area contributed by atoms with Gasteiger partial charge in [-0.2, -0.15) is 0 Å². The summed E-state index contributed by atoms with van der Waals surface area (Å²) in [7, 11) is 2.62. The van der Waals surface area contributed by atoms with E-state index in [1.165, 1.54) is 20.0 Å². The summed E-state index contributed by atoms with van der Waals surface area (Å²) in [6.45, 7) is -3.90. The van der Waals surface area contributed by atoms with Crippen molar-refractivity contribution < 1.29 is 22.5 Å². The summed E-state index contributed by atoms with van der Waals surface area (Å²) >= 11 is 0. The molecule has 1 N–H and O–H groups in total. The zero-order valence-corrected chi connectivity index (χ0v) is 9.68. The van der Waals surface area contributed by atoms with Gasteiger partial charge in [0, 0.05) is 12.7 Å². The van der Waals surface area contributed by atoms with Crippen LogP contribution in [0, 0.1) is 6.92 Å². The van der Waals surface area contributed by atoms with Gasteiger partial charge in [0.05, 0.1) is 12.7 Å². The van der Waals surface area contributed by atoms with E-state index in [-0.39, 0.29) is 16.8 Å². The highest BCUT2D eigenvalue weighted by Gasteiger charge is 2.29. The molecule has 0 saturated carbocycles. The molecule has 0 aliphatic carbocycles. The predicted octanol–water partition coefficient (Wildman–Crippen LogP) is 1.88. The second-order valence-corrected chi connectivity index (χ2v) is 3.55. The summed E-state index contributed by atoms with van der Waals surface area (Å²) in [5.74, 6) is -0.777. The maximum Gasteiger partial charge on any atom is 0.509 e. The first kappa shape index (κ1) is 13.4. The molecule has 0 amide bonds. The van der Waals surface area contributed by atoms with Crippen molar-refractivity contribution in [3.8, 4) is 0 Å². The van der Waals surface area contributed by atoms with Gasteiger partial charge in [-0.15, -0.1) is 5.46 Å². The van der Waals surface area contributed by atoms with Crippen LogP contribution in [-0.2, 0) is 4.74 Å². The first-order chi connectivity index (χ1) is 7.81. The van der Waals surface area contributed by atoms with Crippen LogP contribution >= 0.6 is 0 Å². The Labute approximate surface area is 97.0 Å². The Morgan fingerprint density at radius 3 is 2.35 bits per heavy atom. The number of rotatable bonds is 3. The van der Waals surface area contributed by atoms with Crippen molar-refractivity contribution in [3.63, 3.8) is 0 Å². The molecule has 7 heteroatoms. The van der Waals surface area contributed by atoms with Crippen molar-refractivity contribution in [2.24, 2.45) is 0 Å². The van der Waals surface area contributed by atoms with E-state index >= 15 is 0 Å². The Kier molecular flexibility index (Phi) is 3.70. The van der Waals surface area contributed by atoms with Crippen molar-refractivity contribution in [2.45, 2.75) is 6.92 Å². The minimum atomic E-state index is -5.16. The van der Waals surface area contributed by atoms with Crippen LogP contribution in [0.15, 0.2) is 12.1 Å². The fourth-order valence-corrected chi connectivity index (χ4v) is 1.54. The number of hydrogen-bond donors (Lipinski definition) is 1. The van der Waals surface area contributed by atoms with E-state index in [0.29, 0.717) is 0 Å². The molecule has 1 aromatic rings. The lowest BCUT2D eigenvalue weighted by Crippen LogP contribution is -2.37. The summed E-state index contributed by atoms with van der Waals surface area (Å²) in [4.78, 5) is 11.4. The molecule has 94 valence electrons. The van der Waals surface area contributed by atoms with Crippen LogP contribution in [0.25, 0.3) is 0 Å². The highest BCUT2D eigenvalue weighted by molar-refractivity contribution is 6.74. The largest absolute Gasteiger partial charge is 0.509 e. The summed E-state index contributed by atoms with van der Waals surface area (Å²) < 4.78 is 42.8. The van der Waals surface area contributed by atoms with Crippen molar-refractivity contribution in [1.82, 2.24) is 0 Å². The SMILES string of the molecule is CNc1cc(C(=O)OC)c(C)c([B-](F)(F)F)c1. The summed E-state index contributed by atoms with van der Waals surface area (Å²) in [5, 5.41) is 2.59. The lowest BCUT2D eigenvalue weighted by atomic mass is 9.75. The van der Waals surface area contributed by atoms with Gasteiger partial charge in [0.25, 0.3) is 0 Å². The number of halogens is 3. The van der Waals surface area contributed by atoms with E-state index in [9.17, 15) is 17.7 Å². The van der Waals surface area contributed by atoms with Gasteiger partial charge in [0.1, 0.15) is 0 Å². The Balaban J connectivity index is 3.47. The Morgan fingerprint density at radius 2 is 1.94 bits per heavy atom. The van der Waals surface area contributed by atoms with Gasteiger partial charge < -0.3 is 23.0 Å². The van der Waals surface area contributed by atoms with Crippen molar-refractivity contribution in [2.75, 3.05) is 19.5 Å². The summed E-state index contributed by atoms with van der Waals surface area (Å²) in [6, 6.07) is 2.33. The third-order valence-corrected chi connectivity index (χ3v) is 2.49. The van der Waals surface area contributed by atoms with Crippen LogP contribution in [0.1, 0.15) is 15.9 Å². The number of esters is 1. The average molecular weight is 246 g/mol. The first-order valence-corrected chi connectivity index (χ1v) is 4.91. The molecule has 0 heterocycles. The molecule has 0 fully saturated rings. The fourth-order valence-electron chi connectivity index (χ4n) is 1.54. The molecule has 0 saturated heterocycles. The minimum Gasteiger partial charge on any atom is -0.465 e. The molecule has 0 aromatic heterocycles. The lowest BCUT2D eigenvalue weighted by Gasteiger charge is -2.21. The van der Waals surface area contributed by atoms with Gasteiger partial charge in [-0.25, -0.2) is 4.79 Å². The first-order valence-electron chi connectivity index (χ1n) is 4.91. The van der Waals surface area contributed by atoms with E-state index in [0.717, 1.165) is 13.2 Å². The normalized spacial score (nSPS) is 11.2. The number of ether oxygens (including phenoxy) is 1. The van der Waals surface area contributed by atoms with E-state index < -0.39 is 18.4 Å². The summed E-state index contributed by atoms with van der Waals surface area (Å²) in [5.41, 5.74) is -0.737. The second-order valence-electron chi connectivity index (χ2n) is 3.55. The topological polar surface area (TPSA) is 38.3 Å². The van der Waals surface area contributed by atoms with Crippen molar-refractivity contribution in [1.29, 1.82) is 0 Å². The van der Waals surface area contributed by atoms with Gasteiger partial charge in [0.2, 0.25) is 0 Å². The third-order valence-electron chi connectivity index (χ3n) is 2.49. The number of carbonyl (C=O) groups excluding carboxylic acids is 1. The monoisotopic (exact) mass is 246 g/mol. The molecule has 0 aliphatic rings. The fraction of sp³-hybridized carbons (Fsp3) is 0.300. The number of anilines is 1. The molecular formula is C10H12BF3NO2-. The quantitative estimate of drug-likeness (QED) is 0.653. The van der Waals surface area contributed by atoms with E-state index in [4.69, 9.17) is 0 Å². The van der Waals surface area contributed by atoms with Crippen molar-refractivity contribution >= 4 is 24.1 Å². The van der Waals surface area contributed by atoms with E-state index in [1.807, 2.05) is 0 Å².